The van der Waals surface area contributed by atoms with Gasteiger partial charge >= 0.3 is 13.9 Å². The van der Waals surface area contributed by atoms with Crippen LogP contribution in [0.15, 0.2) is 30.3 Å². The lowest BCUT2D eigenvalue weighted by molar-refractivity contribution is -0.870. The molecule has 0 aliphatic rings. The number of unbranched alkanes of at least 4 members (excludes halogenated alkanes) is 17. The molecule has 0 aromatic heterocycles. The SMILES string of the molecule is CCCCCCCCCCCCCCCCCCCCOCC(CN(Cc1ccccc1)C(N)=O)OP(=O)(O)OCC[N+](C)(C)C. The van der Waals surface area contributed by atoms with Crippen LogP contribution >= 0.6 is 7.82 Å². The van der Waals surface area contributed by atoms with Crippen molar-refractivity contribution in [1.29, 1.82) is 0 Å². The van der Waals surface area contributed by atoms with Gasteiger partial charge in [-0.3, -0.25) is 9.05 Å². The van der Waals surface area contributed by atoms with Gasteiger partial charge in [-0.15, -0.1) is 0 Å². The van der Waals surface area contributed by atoms with Crippen LogP contribution in [0.1, 0.15) is 128 Å². The van der Waals surface area contributed by atoms with Crippen molar-refractivity contribution in [3.8, 4) is 0 Å². The highest BCUT2D eigenvalue weighted by Crippen LogP contribution is 2.44. The number of hydrogen-bond acceptors (Lipinski definition) is 5. The standard InChI is InChI=1S/C36H68N3O6P/c1-5-6-7-8-9-10-11-12-13-14-15-16-17-18-19-20-21-25-29-43-33-35(45-46(41,42)44-30-28-39(2,3)4)32-38(36(37)40)31-34-26-23-22-24-27-34/h22-24,26-27,35H,5-21,25,28-33H2,1-4H3,(H2-,37,40,41,42)/p+1. The molecule has 0 fully saturated rings. The Morgan fingerprint density at radius 1 is 0.804 bits per heavy atom. The summed E-state index contributed by atoms with van der Waals surface area (Å²) < 4.78 is 29.9. The van der Waals surface area contributed by atoms with Crippen LogP contribution in [0, 0.1) is 0 Å². The molecule has 2 unspecified atom stereocenters. The van der Waals surface area contributed by atoms with E-state index in [1.165, 1.54) is 108 Å². The van der Waals surface area contributed by atoms with Gasteiger partial charge in [-0.25, -0.2) is 9.36 Å². The van der Waals surface area contributed by atoms with Crippen LogP contribution in [0.2, 0.25) is 0 Å². The first-order valence-electron chi connectivity index (χ1n) is 18.1. The summed E-state index contributed by atoms with van der Waals surface area (Å²) in [5.74, 6) is 0. The predicted molar refractivity (Wildman–Crippen MR) is 190 cm³/mol. The van der Waals surface area contributed by atoms with Gasteiger partial charge in [0, 0.05) is 13.2 Å². The molecule has 9 nitrogen and oxygen atoms in total. The van der Waals surface area contributed by atoms with Crippen molar-refractivity contribution in [2.45, 2.75) is 135 Å². The highest BCUT2D eigenvalue weighted by molar-refractivity contribution is 7.47. The third kappa shape index (κ3) is 25.6. The van der Waals surface area contributed by atoms with Gasteiger partial charge in [-0.1, -0.05) is 146 Å². The Morgan fingerprint density at radius 3 is 1.74 bits per heavy atom. The van der Waals surface area contributed by atoms with Crippen molar-refractivity contribution in [3.05, 3.63) is 35.9 Å². The second-order valence-corrected chi connectivity index (χ2v) is 15.2. The van der Waals surface area contributed by atoms with E-state index in [2.05, 4.69) is 6.92 Å². The molecule has 0 bridgehead atoms. The van der Waals surface area contributed by atoms with E-state index >= 15 is 0 Å². The third-order valence-electron chi connectivity index (χ3n) is 8.20. The molecular formula is C36H69N3O6P+. The maximum atomic E-state index is 12.7. The maximum absolute atomic E-state index is 12.7. The molecule has 2 atom stereocenters. The molecule has 0 aliphatic carbocycles. The lowest BCUT2D eigenvalue weighted by Crippen LogP contribution is -2.42. The Kier molecular flexibility index (Phi) is 24.5. The van der Waals surface area contributed by atoms with Crippen LogP contribution in [0.3, 0.4) is 0 Å². The van der Waals surface area contributed by atoms with E-state index in [9.17, 15) is 14.3 Å². The number of phosphoric acid groups is 1. The second-order valence-electron chi connectivity index (χ2n) is 13.8. The first kappa shape index (κ1) is 42.5. The smallest absolute Gasteiger partial charge is 0.379 e. The zero-order chi connectivity index (χ0) is 33.9. The van der Waals surface area contributed by atoms with Crippen LogP contribution in [0.25, 0.3) is 0 Å². The van der Waals surface area contributed by atoms with Crippen molar-refractivity contribution in [1.82, 2.24) is 4.90 Å². The molecule has 46 heavy (non-hydrogen) atoms. The molecule has 0 saturated heterocycles. The van der Waals surface area contributed by atoms with Crippen LogP contribution in [0.5, 0.6) is 0 Å². The van der Waals surface area contributed by atoms with Crippen LogP contribution < -0.4 is 5.73 Å². The summed E-state index contributed by atoms with van der Waals surface area (Å²) in [4.78, 5) is 24.0. The van der Waals surface area contributed by atoms with Gasteiger partial charge in [-0.2, -0.15) is 0 Å². The molecule has 1 rings (SSSR count). The number of nitrogens with zero attached hydrogens (tertiary/aromatic N) is 2. The molecule has 1 aromatic rings. The van der Waals surface area contributed by atoms with Crippen molar-refractivity contribution in [2.75, 3.05) is 54.1 Å². The fourth-order valence-corrected chi connectivity index (χ4v) is 6.25. The van der Waals surface area contributed by atoms with Crippen molar-refractivity contribution in [3.63, 3.8) is 0 Å². The molecule has 0 heterocycles. The second kappa shape index (κ2) is 26.5. The topological polar surface area (TPSA) is 111 Å². The quantitative estimate of drug-likeness (QED) is 0.0464. The Morgan fingerprint density at radius 2 is 1.28 bits per heavy atom. The lowest BCUT2D eigenvalue weighted by Gasteiger charge is -2.28. The number of carbonyl (C=O) groups is 1. The lowest BCUT2D eigenvalue weighted by atomic mass is 10.0. The van der Waals surface area contributed by atoms with Crippen molar-refractivity contribution < 1.29 is 32.5 Å². The van der Waals surface area contributed by atoms with Gasteiger partial charge in [0.25, 0.3) is 0 Å². The Hall–Kier alpha value is -1.48. The molecule has 0 spiro atoms. The van der Waals surface area contributed by atoms with E-state index < -0.39 is 20.0 Å². The van der Waals surface area contributed by atoms with E-state index in [4.69, 9.17) is 19.5 Å². The maximum Gasteiger partial charge on any atom is 0.472 e. The summed E-state index contributed by atoms with van der Waals surface area (Å²) >= 11 is 0. The molecule has 2 amide bonds. The van der Waals surface area contributed by atoms with Gasteiger partial charge in [0.1, 0.15) is 19.3 Å². The average Bonchev–Trinajstić information content (AvgIpc) is 2.99. The average molecular weight is 671 g/mol. The summed E-state index contributed by atoms with van der Waals surface area (Å²) in [6, 6.07) is 8.81. The number of phosphoric ester groups is 1. The fourth-order valence-electron chi connectivity index (χ4n) is 5.37. The Labute approximate surface area is 281 Å². The summed E-state index contributed by atoms with van der Waals surface area (Å²) in [7, 11) is 1.54. The molecular weight excluding hydrogens is 601 g/mol. The molecule has 0 saturated carbocycles. The minimum Gasteiger partial charge on any atom is -0.379 e. The van der Waals surface area contributed by atoms with E-state index in [0.717, 1.165) is 18.4 Å². The van der Waals surface area contributed by atoms with Crippen molar-refractivity contribution in [2.24, 2.45) is 5.73 Å². The number of ether oxygens (including phenoxy) is 1. The summed E-state index contributed by atoms with van der Waals surface area (Å²) in [5, 5.41) is 0. The first-order chi connectivity index (χ1) is 22.0. The number of rotatable bonds is 31. The molecule has 268 valence electrons. The van der Waals surface area contributed by atoms with Gasteiger partial charge < -0.3 is 24.7 Å². The van der Waals surface area contributed by atoms with Gasteiger partial charge in [-0.05, 0) is 12.0 Å². The number of carbonyl (C=O) groups excluding carboxylic acids is 1. The van der Waals surface area contributed by atoms with E-state index in [1.807, 2.05) is 51.5 Å². The van der Waals surface area contributed by atoms with Gasteiger partial charge in [0.05, 0.1) is 34.3 Å². The number of quaternary nitrogens is 1. The van der Waals surface area contributed by atoms with E-state index in [-0.39, 0.29) is 26.3 Å². The van der Waals surface area contributed by atoms with Crippen molar-refractivity contribution >= 4 is 13.9 Å². The number of primary amides is 1. The Bertz CT molecular complexity index is 915. The highest BCUT2D eigenvalue weighted by atomic mass is 31.2. The number of urea groups is 1. The molecule has 1 aromatic carbocycles. The fraction of sp³-hybridized carbons (Fsp3) is 0.806. The normalized spacial score (nSPS) is 13.8. The Balaban J connectivity index is 2.28. The van der Waals surface area contributed by atoms with E-state index in [1.54, 1.807) is 0 Å². The highest BCUT2D eigenvalue weighted by Gasteiger charge is 2.30. The number of benzene rings is 1. The summed E-state index contributed by atoms with van der Waals surface area (Å²) in [5.41, 5.74) is 6.55. The minimum atomic E-state index is -4.37. The monoisotopic (exact) mass is 670 g/mol. The third-order valence-corrected chi connectivity index (χ3v) is 9.27. The zero-order valence-electron chi connectivity index (χ0n) is 29.8. The number of hydrogen-bond donors (Lipinski definition) is 2. The zero-order valence-corrected chi connectivity index (χ0v) is 30.7. The number of likely N-dealkylation sites (N-methyl/N-ethyl adjacent to an activating group) is 1. The predicted octanol–water partition coefficient (Wildman–Crippen LogP) is 8.83. The van der Waals surface area contributed by atoms with Gasteiger partial charge in [0.2, 0.25) is 0 Å². The van der Waals surface area contributed by atoms with Crippen LogP contribution in [0.4, 0.5) is 4.79 Å². The number of nitrogens with two attached hydrogens (primary N) is 1. The van der Waals surface area contributed by atoms with Crippen LogP contribution in [-0.4, -0.2) is 80.5 Å². The number of amides is 2. The molecule has 0 aliphatic heterocycles. The molecule has 3 N–H and O–H groups in total. The minimum absolute atomic E-state index is 0.00654. The van der Waals surface area contributed by atoms with Crippen LogP contribution in [-0.2, 0) is 24.9 Å². The molecule has 0 radical (unpaired) electrons. The largest absolute Gasteiger partial charge is 0.472 e. The van der Waals surface area contributed by atoms with E-state index in [0.29, 0.717) is 17.6 Å². The summed E-state index contributed by atoms with van der Waals surface area (Å²) in [6.07, 6.45) is 22.9. The first-order valence-corrected chi connectivity index (χ1v) is 19.6. The summed E-state index contributed by atoms with van der Waals surface area (Å²) in [6.45, 7) is 3.72. The molecule has 10 heteroatoms. The van der Waals surface area contributed by atoms with Gasteiger partial charge in [0.15, 0.2) is 0 Å².